The summed E-state index contributed by atoms with van der Waals surface area (Å²) in [6, 6.07) is 14.4. The zero-order valence-corrected chi connectivity index (χ0v) is 21.7. The van der Waals surface area contributed by atoms with E-state index < -0.39 is 5.91 Å². The number of fused-ring (bicyclic) bond motifs is 1. The molecule has 0 spiro atoms. The molecule has 1 aliphatic rings. The van der Waals surface area contributed by atoms with Crippen LogP contribution in [0.1, 0.15) is 40.0 Å². The quantitative estimate of drug-likeness (QED) is 0.260. The molecular weight excluding hydrogens is 517 g/mol. The van der Waals surface area contributed by atoms with Crippen molar-refractivity contribution in [2.75, 3.05) is 12.4 Å². The molecule has 2 aromatic carbocycles. The Hall–Kier alpha value is -3.49. The number of ether oxygens (including phenoxy) is 2. The van der Waals surface area contributed by atoms with Gasteiger partial charge in [-0.3, -0.25) is 4.79 Å². The van der Waals surface area contributed by atoms with E-state index in [2.05, 4.69) is 11.4 Å². The highest BCUT2D eigenvalue weighted by molar-refractivity contribution is 7.16. The minimum Gasteiger partial charge on any atom is -0.493 e. The van der Waals surface area contributed by atoms with Crippen LogP contribution >= 0.6 is 34.5 Å². The average Bonchev–Trinajstić information content (AvgIpc) is 3.23. The number of halogens is 2. The lowest BCUT2D eigenvalue weighted by molar-refractivity contribution is -0.112. The number of hydrogen-bond donors (Lipinski definition) is 1. The summed E-state index contributed by atoms with van der Waals surface area (Å²) >= 11 is 13.6. The third kappa shape index (κ3) is 5.66. The highest BCUT2D eigenvalue weighted by atomic mass is 35.5. The highest BCUT2D eigenvalue weighted by Gasteiger charge is 2.22. The smallest absolute Gasteiger partial charge is 0.266 e. The molecule has 6 nitrogen and oxygen atoms in total. The fourth-order valence-corrected chi connectivity index (χ4v) is 5.64. The Morgan fingerprint density at radius 1 is 1.14 bits per heavy atom. The van der Waals surface area contributed by atoms with E-state index in [9.17, 15) is 15.3 Å². The zero-order valence-electron chi connectivity index (χ0n) is 19.4. The number of nitrogens with zero attached hydrogens (tertiary/aromatic N) is 2. The van der Waals surface area contributed by atoms with Gasteiger partial charge in [0, 0.05) is 20.5 Å². The molecule has 1 N–H and O–H groups in total. The van der Waals surface area contributed by atoms with Gasteiger partial charge in [0.2, 0.25) is 0 Å². The number of nitrogens with one attached hydrogen (secondary N) is 1. The maximum atomic E-state index is 12.9. The van der Waals surface area contributed by atoms with Crippen LogP contribution in [0.25, 0.3) is 6.08 Å². The van der Waals surface area contributed by atoms with Crippen molar-refractivity contribution in [2.24, 2.45) is 0 Å². The number of hydrogen-bond acceptors (Lipinski definition) is 6. The summed E-state index contributed by atoms with van der Waals surface area (Å²) in [6.07, 6.45) is 5.32. The van der Waals surface area contributed by atoms with Crippen LogP contribution in [-0.2, 0) is 24.2 Å². The molecular formula is C27H21Cl2N3O3S. The number of anilines is 1. The molecule has 1 heterocycles. The van der Waals surface area contributed by atoms with E-state index in [1.165, 1.54) is 24.5 Å². The van der Waals surface area contributed by atoms with Crippen molar-refractivity contribution in [1.82, 2.24) is 0 Å². The molecule has 36 heavy (non-hydrogen) atoms. The van der Waals surface area contributed by atoms with Crippen molar-refractivity contribution < 1.29 is 14.3 Å². The third-order valence-electron chi connectivity index (χ3n) is 5.77. The molecule has 0 fully saturated rings. The zero-order chi connectivity index (χ0) is 25.7. The fourth-order valence-electron chi connectivity index (χ4n) is 3.95. The molecule has 1 aliphatic carbocycles. The number of amides is 1. The van der Waals surface area contributed by atoms with E-state index >= 15 is 0 Å². The van der Waals surface area contributed by atoms with Crippen LogP contribution in [0.5, 0.6) is 11.5 Å². The first-order valence-corrected chi connectivity index (χ1v) is 12.7. The van der Waals surface area contributed by atoms with Gasteiger partial charge in [0.1, 0.15) is 29.3 Å². The summed E-state index contributed by atoms with van der Waals surface area (Å²) in [4.78, 5) is 14.0. The average molecular weight is 538 g/mol. The highest BCUT2D eigenvalue weighted by Crippen LogP contribution is 2.38. The first-order valence-electron chi connectivity index (χ1n) is 11.2. The van der Waals surface area contributed by atoms with Crippen LogP contribution in [0.2, 0.25) is 10.0 Å². The molecule has 0 unspecified atom stereocenters. The Labute approximate surface area is 223 Å². The van der Waals surface area contributed by atoms with Gasteiger partial charge in [-0.1, -0.05) is 35.3 Å². The Morgan fingerprint density at radius 3 is 2.67 bits per heavy atom. The predicted octanol–water partition coefficient (Wildman–Crippen LogP) is 6.94. The topological polar surface area (TPSA) is 95.1 Å². The van der Waals surface area contributed by atoms with Gasteiger partial charge in [-0.15, -0.1) is 11.3 Å². The first kappa shape index (κ1) is 25.6. The molecule has 3 aromatic rings. The Morgan fingerprint density at radius 2 is 1.94 bits per heavy atom. The molecule has 0 aliphatic heterocycles. The lowest BCUT2D eigenvalue weighted by Gasteiger charge is -2.12. The van der Waals surface area contributed by atoms with Crippen LogP contribution in [0.15, 0.2) is 42.0 Å². The lowest BCUT2D eigenvalue weighted by Crippen LogP contribution is -2.13. The van der Waals surface area contributed by atoms with Crippen LogP contribution in [-0.4, -0.2) is 13.0 Å². The first-order chi connectivity index (χ1) is 17.4. The van der Waals surface area contributed by atoms with Gasteiger partial charge in [-0.05, 0) is 67.2 Å². The summed E-state index contributed by atoms with van der Waals surface area (Å²) in [5, 5.41) is 23.6. The minimum atomic E-state index is -0.565. The van der Waals surface area contributed by atoms with Crippen molar-refractivity contribution in [1.29, 1.82) is 10.5 Å². The molecule has 0 saturated carbocycles. The van der Waals surface area contributed by atoms with E-state index in [-0.39, 0.29) is 12.2 Å². The maximum absolute atomic E-state index is 12.9. The van der Waals surface area contributed by atoms with Crippen LogP contribution < -0.4 is 14.8 Å². The number of aryl methyl sites for hydroxylation is 1. The molecule has 0 atom stereocenters. The lowest BCUT2D eigenvalue weighted by atomic mass is 9.96. The molecule has 9 heteroatoms. The van der Waals surface area contributed by atoms with Gasteiger partial charge in [0.25, 0.3) is 5.91 Å². The molecule has 0 radical (unpaired) electrons. The summed E-state index contributed by atoms with van der Waals surface area (Å²) in [5.74, 6) is 0.347. The van der Waals surface area contributed by atoms with Crippen molar-refractivity contribution in [3.63, 3.8) is 0 Å². The van der Waals surface area contributed by atoms with Crippen LogP contribution in [0, 0.1) is 22.7 Å². The summed E-state index contributed by atoms with van der Waals surface area (Å²) < 4.78 is 11.3. The van der Waals surface area contributed by atoms with Crippen molar-refractivity contribution in [3.8, 4) is 23.6 Å². The third-order valence-corrected chi connectivity index (χ3v) is 7.57. The number of rotatable bonds is 7. The molecule has 1 aromatic heterocycles. The molecule has 182 valence electrons. The molecule has 0 saturated heterocycles. The van der Waals surface area contributed by atoms with Crippen LogP contribution in [0.4, 0.5) is 5.00 Å². The second kappa shape index (κ2) is 11.5. The van der Waals surface area contributed by atoms with Gasteiger partial charge in [-0.2, -0.15) is 10.5 Å². The number of nitriles is 2. The number of thiophene rings is 1. The molecule has 1 amide bonds. The van der Waals surface area contributed by atoms with Crippen LogP contribution in [0.3, 0.4) is 0 Å². The van der Waals surface area contributed by atoms with E-state index in [4.69, 9.17) is 32.7 Å². The van der Waals surface area contributed by atoms with E-state index in [0.717, 1.165) is 41.7 Å². The maximum Gasteiger partial charge on any atom is 0.266 e. The van der Waals surface area contributed by atoms with Crippen molar-refractivity contribution >= 4 is 51.5 Å². The molecule has 4 rings (SSSR count). The van der Waals surface area contributed by atoms with Gasteiger partial charge < -0.3 is 14.8 Å². The number of methoxy groups -OCH3 is 1. The number of carbonyl (C=O) groups excluding carboxylic acids is 1. The second-order valence-corrected chi connectivity index (χ2v) is 10.0. The van der Waals surface area contributed by atoms with Crippen molar-refractivity contribution in [2.45, 2.75) is 32.3 Å². The molecule has 0 bridgehead atoms. The number of carbonyl (C=O) groups is 1. The van der Waals surface area contributed by atoms with E-state index in [1.54, 1.807) is 36.4 Å². The normalized spacial score (nSPS) is 12.8. The minimum absolute atomic E-state index is 0.0890. The SMILES string of the molecule is COc1cc(C=C(C#N)C(=O)Nc2sc3c(c2C#N)CCCC3)ccc1OCc1ccc(Cl)cc1Cl. The predicted molar refractivity (Wildman–Crippen MR) is 142 cm³/mol. The number of benzene rings is 2. The van der Waals surface area contributed by atoms with Crippen molar-refractivity contribution in [3.05, 3.63) is 79.1 Å². The Balaban J connectivity index is 1.51. The van der Waals surface area contributed by atoms with Gasteiger partial charge >= 0.3 is 0 Å². The largest absolute Gasteiger partial charge is 0.493 e. The fraction of sp³-hybridized carbons (Fsp3) is 0.222. The monoisotopic (exact) mass is 537 g/mol. The standard InChI is InChI=1S/C27H21Cl2N3O3S/c1-34-24-11-16(6-9-23(24)35-15-17-7-8-19(28)12-22(17)29)10-18(13-30)26(33)32-27-21(14-31)20-4-2-3-5-25(20)36-27/h6-12H,2-5,15H2,1H3,(H,32,33). The van der Waals surface area contributed by atoms with Gasteiger partial charge in [0.05, 0.1) is 12.7 Å². The van der Waals surface area contributed by atoms with Gasteiger partial charge in [0.15, 0.2) is 11.5 Å². The van der Waals surface area contributed by atoms with E-state index in [1.807, 2.05) is 6.07 Å². The Kier molecular flexibility index (Phi) is 8.18. The summed E-state index contributed by atoms with van der Waals surface area (Å²) in [6.45, 7) is 0.208. The Bertz CT molecular complexity index is 1430. The van der Waals surface area contributed by atoms with Gasteiger partial charge in [-0.25, -0.2) is 0 Å². The summed E-state index contributed by atoms with van der Waals surface area (Å²) in [5.41, 5.74) is 2.79. The second-order valence-electron chi connectivity index (χ2n) is 8.09. The summed E-state index contributed by atoms with van der Waals surface area (Å²) in [7, 11) is 1.50. The van der Waals surface area contributed by atoms with E-state index in [0.29, 0.717) is 37.7 Å².